The summed E-state index contributed by atoms with van der Waals surface area (Å²) in [4.78, 5) is 39.5. The number of rotatable bonds is 3. The van der Waals surface area contributed by atoms with Crippen LogP contribution in [0.4, 0.5) is 0 Å². The van der Waals surface area contributed by atoms with Crippen LogP contribution in [0.2, 0.25) is 5.02 Å². The highest BCUT2D eigenvalue weighted by atomic mass is 35.5. The molecule has 1 aromatic rings. The maximum atomic E-state index is 12.6. The lowest BCUT2D eigenvalue weighted by atomic mass is 9.77. The Bertz CT molecular complexity index is 713. The minimum atomic E-state index is -0.937. The molecule has 1 atom stereocenters. The summed E-state index contributed by atoms with van der Waals surface area (Å²) >= 11 is 6.11. The van der Waals surface area contributed by atoms with Gasteiger partial charge in [0.1, 0.15) is 0 Å². The number of carbonyl (C=O) groups is 3. The molecule has 0 aliphatic carbocycles. The molecule has 6 nitrogen and oxygen atoms in total. The SMILES string of the molecule is CN1C(=O)C[C@@H](C(=O)O)C12CCN(C(=O)Cc1ccccc1Cl)CC2. The van der Waals surface area contributed by atoms with E-state index in [-0.39, 0.29) is 24.7 Å². The summed E-state index contributed by atoms with van der Waals surface area (Å²) in [6.07, 6.45) is 1.24. The van der Waals surface area contributed by atoms with Crippen molar-refractivity contribution in [2.45, 2.75) is 31.2 Å². The van der Waals surface area contributed by atoms with E-state index in [1.165, 1.54) is 0 Å². The number of benzene rings is 1. The third-order valence-electron chi connectivity index (χ3n) is 5.65. The topological polar surface area (TPSA) is 77.9 Å². The number of aliphatic carboxylic acids is 1. The molecule has 1 aromatic carbocycles. The maximum Gasteiger partial charge on any atom is 0.309 e. The van der Waals surface area contributed by atoms with Gasteiger partial charge < -0.3 is 14.9 Å². The third-order valence-corrected chi connectivity index (χ3v) is 6.02. The lowest BCUT2D eigenvalue weighted by Gasteiger charge is -2.45. The fourth-order valence-electron chi connectivity index (χ4n) is 4.04. The number of piperidine rings is 1. The summed E-state index contributed by atoms with van der Waals surface area (Å²) < 4.78 is 0. The Morgan fingerprint density at radius 1 is 1.28 bits per heavy atom. The van der Waals surface area contributed by atoms with E-state index in [4.69, 9.17) is 11.6 Å². The smallest absolute Gasteiger partial charge is 0.309 e. The maximum absolute atomic E-state index is 12.6. The van der Waals surface area contributed by atoms with Gasteiger partial charge in [-0.25, -0.2) is 0 Å². The van der Waals surface area contributed by atoms with Crippen molar-refractivity contribution in [2.75, 3.05) is 20.1 Å². The molecule has 0 saturated carbocycles. The summed E-state index contributed by atoms with van der Waals surface area (Å²) in [5, 5.41) is 10.1. The number of carbonyl (C=O) groups excluding carboxylic acids is 2. The minimum absolute atomic E-state index is 0.0261. The number of amides is 2. The van der Waals surface area contributed by atoms with E-state index in [0.29, 0.717) is 31.0 Å². The lowest BCUT2D eigenvalue weighted by molar-refractivity contribution is -0.146. The Morgan fingerprint density at radius 3 is 2.52 bits per heavy atom. The molecule has 0 unspecified atom stereocenters. The first-order valence-electron chi connectivity index (χ1n) is 8.36. The number of likely N-dealkylation sites (tertiary alicyclic amines) is 2. The van der Waals surface area contributed by atoms with Crippen LogP contribution >= 0.6 is 11.6 Å². The van der Waals surface area contributed by atoms with Gasteiger partial charge in [0, 0.05) is 31.6 Å². The highest BCUT2D eigenvalue weighted by Crippen LogP contribution is 2.42. The predicted octanol–water partition coefficient (Wildman–Crippen LogP) is 1.81. The molecule has 7 heteroatoms. The van der Waals surface area contributed by atoms with Crippen LogP contribution in [0.3, 0.4) is 0 Å². The average Bonchev–Trinajstić information content (AvgIpc) is 2.83. The summed E-state index contributed by atoms with van der Waals surface area (Å²) in [7, 11) is 1.67. The van der Waals surface area contributed by atoms with Crippen molar-refractivity contribution < 1.29 is 19.5 Å². The number of carboxylic acid groups (broad SMARTS) is 1. The summed E-state index contributed by atoms with van der Waals surface area (Å²) in [6.45, 7) is 0.898. The highest BCUT2D eigenvalue weighted by Gasteiger charge is 2.55. The third kappa shape index (κ3) is 3.11. The van der Waals surface area contributed by atoms with E-state index >= 15 is 0 Å². The molecule has 2 aliphatic heterocycles. The molecule has 25 heavy (non-hydrogen) atoms. The Morgan fingerprint density at radius 2 is 1.92 bits per heavy atom. The number of nitrogens with zero attached hydrogens (tertiary/aromatic N) is 2. The minimum Gasteiger partial charge on any atom is -0.481 e. The zero-order chi connectivity index (χ0) is 18.2. The molecule has 2 fully saturated rings. The van der Waals surface area contributed by atoms with Gasteiger partial charge in [0.2, 0.25) is 11.8 Å². The van der Waals surface area contributed by atoms with E-state index in [9.17, 15) is 19.5 Å². The van der Waals surface area contributed by atoms with Gasteiger partial charge in [-0.1, -0.05) is 29.8 Å². The summed E-state index contributed by atoms with van der Waals surface area (Å²) in [5.74, 6) is -1.80. The monoisotopic (exact) mass is 364 g/mol. The van der Waals surface area contributed by atoms with Crippen LogP contribution in [0.15, 0.2) is 24.3 Å². The molecule has 2 saturated heterocycles. The molecule has 2 heterocycles. The van der Waals surface area contributed by atoms with Gasteiger partial charge in [-0.3, -0.25) is 14.4 Å². The Kier molecular flexibility index (Phi) is 4.73. The van der Waals surface area contributed by atoms with Crippen LogP contribution in [-0.4, -0.2) is 58.4 Å². The first-order valence-corrected chi connectivity index (χ1v) is 8.73. The van der Waals surface area contributed by atoms with Gasteiger partial charge >= 0.3 is 5.97 Å². The van der Waals surface area contributed by atoms with Crippen LogP contribution < -0.4 is 0 Å². The molecule has 2 amide bonds. The standard InChI is InChI=1S/C18H21ClN2O4/c1-20-15(22)11-13(17(24)25)18(20)6-8-21(9-7-18)16(23)10-12-4-2-3-5-14(12)19/h2-5,13H,6-11H2,1H3,(H,24,25)/t13-/m0/s1. The summed E-state index contributed by atoms with van der Waals surface area (Å²) in [5.41, 5.74) is 0.107. The largest absolute Gasteiger partial charge is 0.481 e. The molecule has 0 bridgehead atoms. The van der Waals surface area contributed by atoms with Crippen molar-refractivity contribution in [3.05, 3.63) is 34.9 Å². The van der Waals surface area contributed by atoms with Gasteiger partial charge in [0.15, 0.2) is 0 Å². The van der Waals surface area contributed by atoms with Crippen LogP contribution in [0.5, 0.6) is 0 Å². The number of carboxylic acids is 1. The number of hydrogen-bond acceptors (Lipinski definition) is 3. The molecule has 1 N–H and O–H groups in total. The van der Waals surface area contributed by atoms with Crippen molar-refractivity contribution in [2.24, 2.45) is 5.92 Å². The van der Waals surface area contributed by atoms with E-state index < -0.39 is 17.4 Å². The van der Waals surface area contributed by atoms with Crippen molar-refractivity contribution in [1.29, 1.82) is 0 Å². The second-order valence-corrected chi connectivity index (χ2v) is 7.21. The van der Waals surface area contributed by atoms with Crippen molar-refractivity contribution in [1.82, 2.24) is 9.80 Å². The Labute approximate surface area is 151 Å². The molecular formula is C18H21ClN2O4. The second kappa shape index (κ2) is 6.67. The first kappa shape index (κ1) is 17.7. The van der Waals surface area contributed by atoms with Crippen LogP contribution in [0, 0.1) is 5.92 Å². The van der Waals surface area contributed by atoms with Crippen LogP contribution in [0.1, 0.15) is 24.8 Å². The Balaban J connectivity index is 1.69. The van der Waals surface area contributed by atoms with Gasteiger partial charge in [-0.05, 0) is 24.5 Å². The fraction of sp³-hybridized carbons (Fsp3) is 0.500. The zero-order valence-corrected chi connectivity index (χ0v) is 14.8. The number of hydrogen-bond donors (Lipinski definition) is 1. The zero-order valence-electron chi connectivity index (χ0n) is 14.1. The predicted molar refractivity (Wildman–Crippen MR) is 92.2 cm³/mol. The molecule has 134 valence electrons. The van der Waals surface area contributed by atoms with Gasteiger partial charge in [0.05, 0.1) is 17.9 Å². The van der Waals surface area contributed by atoms with Crippen molar-refractivity contribution in [3.8, 4) is 0 Å². The average molecular weight is 365 g/mol. The van der Waals surface area contributed by atoms with E-state index in [0.717, 1.165) is 5.56 Å². The number of halogens is 1. The molecule has 1 spiro atoms. The molecule has 2 aliphatic rings. The normalized spacial score (nSPS) is 22.5. The van der Waals surface area contributed by atoms with Gasteiger partial charge in [-0.2, -0.15) is 0 Å². The van der Waals surface area contributed by atoms with E-state index in [1.807, 2.05) is 18.2 Å². The first-order chi connectivity index (χ1) is 11.8. The van der Waals surface area contributed by atoms with Crippen LogP contribution in [0.25, 0.3) is 0 Å². The molecular weight excluding hydrogens is 344 g/mol. The van der Waals surface area contributed by atoms with Gasteiger partial charge in [0.25, 0.3) is 0 Å². The molecule has 0 radical (unpaired) electrons. The van der Waals surface area contributed by atoms with E-state index in [2.05, 4.69) is 0 Å². The van der Waals surface area contributed by atoms with Crippen molar-refractivity contribution in [3.63, 3.8) is 0 Å². The summed E-state index contributed by atoms with van der Waals surface area (Å²) in [6, 6.07) is 7.25. The van der Waals surface area contributed by atoms with Crippen LogP contribution in [-0.2, 0) is 20.8 Å². The fourth-order valence-corrected chi connectivity index (χ4v) is 4.25. The van der Waals surface area contributed by atoms with E-state index in [1.54, 1.807) is 22.9 Å². The van der Waals surface area contributed by atoms with Crippen molar-refractivity contribution >= 4 is 29.4 Å². The second-order valence-electron chi connectivity index (χ2n) is 6.80. The quantitative estimate of drug-likeness (QED) is 0.887. The lowest BCUT2D eigenvalue weighted by Crippen LogP contribution is -2.57. The molecule has 0 aromatic heterocycles. The van der Waals surface area contributed by atoms with Gasteiger partial charge in [-0.15, -0.1) is 0 Å². The Hall–Kier alpha value is -2.08. The molecule has 3 rings (SSSR count). The highest BCUT2D eigenvalue weighted by molar-refractivity contribution is 6.31.